The zero-order valence-electron chi connectivity index (χ0n) is 8.49. The Hall–Kier alpha value is -2.25. The first-order valence-electron chi connectivity index (χ1n) is 4.54. The van der Waals surface area contributed by atoms with Crippen LogP contribution in [0.5, 0.6) is 0 Å². The van der Waals surface area contributed by atoms with E-state index in [9.17, 15) is 4.79 Å². The molecule has 0 atom stereocenters. The molecule has 0 fully saturated rings. The van der Waals surface area contributed by atoms with Crippen molar-refractivity contribution in [2.75, 3.05) is 0 Å². The second-order valence-electron chi connectivity index (χ2n) is 3.27. The van der Waals surface area contributed by atoms with Crippen molar-refractivity contribution < 1.29 is 14.5 Å². The number of aryl methyl sites for hydroxylation is 1. The summed E-state index contributed by atoms with van der Waals surface area (Å²) in [6.07, 6.45) is 1.41. The van der Waals surface area contributed by atoms with E-state index >= 15 is 0 Å². The number of carboxylic acids is 1. The molecule has 0 spiro atoms. The number of aromatic nitrogens is 5. The summed E-state index contributed by atoms with van der Waals surface area (Å²) in [5.74, 6) is -0.939. The molecule has 0 aliphatic rings. The first-order chi connectivity index (χ1) is 7.65. The number of hydrogen-bond donors (Lipinski definition) is 1. The molecule has 16 heavy (non-hydrogen) atoms. The molecule has 84 valence electrons. The minimum atomic E-state index is -0.939. The molecular formula is C8H9N5O3. The van der Waals surface area contributed by atoms with Crippen LogP contribution >= 0.6 is 0 Å². The molecule has 0 unspecified atom stereocenters. The maximum absolute atomic E-state index is 10.4. The lowest BCUT2D eigenvalue weighted by atomic mass is 10.3. The van der Waals surface area contributed by atoms with Gasteiger partial charge in [-0.3, -0.25) is 4.79 Å². The van der Waals surface area contributed by atoms with E-state index in [1.54, 1.807) is 13.1 Å². The summed E-state index contributed by atoms with van der Waals surface area (Å²) in [5.41, 5.74) is 1.73. The summed E-state index contributed by atoms with van der Waals surface area (Å²) < 4.78 is 6.02. The lowest BCUT2D eigenvalue weighted by Gasteiger charge is -1.94. The third-order valence-corrected chi connectivity index (χ3v) is 1.98. The van der Waals surface area contributed by atoms with Gasteiger partial charge < -0.3 is 5.11 Å². The van der Waals surface area contributed by atoms with Gasteiger partial charge in [0.05, 0.1) is 18.7 Å². The van der Waals surface area contributed by atoms with E-state index in [0.29, 0.717) is 23.6 Å². The van der Waals surface area contributed by atoms with E-state index in [0.717, 1.165) is 0 Å². The van der Waals surface area contributed by atoms with Crippen molar-refractivity contribution in [2.45, 2.75) is 19.9 Å². The van der Waals surface area contributed by atoms with Crippen LogP contribution < -0.4 is 0 Å². The second kappa shape index (κ2) is 4.09. The maximum atomic E-state index is 10.4. The van der Waals surface area contributed by atoms with Gasteiger partial charge in [-0.05, 0) is 6.92 Å². The molecule has 0 bridgehead atoms. The zero-order valence-corrected chi connectivity index (χ0v) is 8.49. The smallest absolute Gasteiger partial charge is 0.309 e. The van der Waals surface area contributed by atoms with E-state index in [-0.39, 0.29) is 6.42 Å². The van der Waals surface area contributed by atoms with Gasteiger partial charge in [-0.25, -0.2) is 9.31 Å². The Kier molecular flexibility index (Phi) is 2.63. The van der Waals surface area contributed by atoms with Crippen LogP contribution in [0.2, 0.25) is 0 Å². The zero-order chi connectivity index (χ0) is 11.5. The Labute approximate surface area is 89.8 Å². The van der Waals surface area contributed by atoms with Crippen LogP contribution in [0.3, 0.4) is 0 Å². The number of aliphatic carboxylic acids is 1. The van der Waals surface area contributed by atoms with Crippen LogP contribution in [0.25, 0.3) is 0 Å². The first kappa shape index (κ1) is 10.3. The summed E-state index contributed by atoms with van der Waals surface area (Å²) in [4.78, 5) is 10.4. The quantitative estimate of drug-likeness (QED) is 0.754. The topological polar surface area (TPSA) is 107 Å². The van der Waals surface area contributed by atoms with E-state index in [1.807, 2.05) is 0 Å². The Bertz CT molecular complexity index is 503. The van der Waals surface area contributed by atoms with Crippen LogP contribution in [0.1, 0.15) is 17.1 Å². The van der Waals surface area contributed by atoms with E-state index < -0.39 is 5.97 Å². The third-order valence-electron chi connectivity index (χ3n) is 1.98. The average Bonchev–Trinajstić information content (AvgIpc) is 2.77. The van der Waals surface area contributed by atoms with Crippen LogP contribution in [0.15, 0.2) is 10.8 Å². The summed E-state index contributed by atoms with van der Waals surface area (Å²) in [6, 6.07) is 0. The van der Waals surface area contributed by atoms with Crippen molar-refractivity contribution >= 4 is 5.97 Å². The average molecular weight is 223 g/mol. The van der Waals surface area contributed by atoms with Gasteiger partial charge in [-0.15, -0.1) is 5.10 Å². The van der Waals surface area contributed by atoms with Crippen molar-refractivity contribution in [1.82, 2.24) is 25.3 Å². The standard InChI is InChI=1S/C8H9N5O3/c1-5-7(11-16-10-5)4-13-3-6(9-12-13)2-8(14)15/h3H,2,4H2,1H3,(H,14,15). The van der Waals surface area contributed by atoms with Gasteiger partial charge in [0, 0.05) is 6.20 Å². The molecule has 8 nitrogen and oxygen atoms in total. The van der Waals surface area contributed by atoms with Crippen molar-refractivity contribution in [1.29, 1.82) is 0 Å². The summed E-state index contributed by atoms with van der Waals surface area (Å²) in [7, 11) is 0. The van der Waals surface area contributed by atoms with Gasteiger partial charge >= 0.3 is 5.97 Å². The van der Waals surface area contributed by atoms with Gasteiger partial charge in [0.1, 0.15) is 11.4 Å². The molecule has 2 aromatic heterocycles. The molecule has 1 N–H and O–H groups in total. The van der Waals surface area contributed by atoms with Crippen LogP contribution in [0, 0.1) is 6.92 Å². The SMILES string of the molecule is Cc1nonc1Cn1cc(CC(=O)O)nn1. The summed E-state index contributed by atoms with van der Waals surface area (Å²) >= 11 is 0. The number of nitrogens with zero attached hydrogens (tertiary/aromatic N) is 5. The molecule has 0 saturated carbocycles. The monoisotopic (exact) mass is 223 g/mol. The molecule has 8 heteroatoms. The third kappa shape index (κ3) is 2.22. The van der Waals surface area contributed by atoms with Gasteiger partial charge in [0.25, 0.3) is 0 Å². The Balaban J connectivity index is 2.08. The molecule has 2 aromatic rings. The van der Waals surface area contributed by atoms with Gasteiger partial charge in [-0.1, -0.05) is 15.5 Å². The number of rotatable bonds is 4. The Morgan fingerprint density at radius 1 is 1.56 bits per heavy atom. The van der Waals surface area contributed by atoms with Crippen LogP contribution in [0.4, 0.5) is 0 Å². The highest BCUT2D eigenvalue weighted by atomic mass is 16.6. The molecule has 0 aliphatic heterocycles. The lowest BCUT2D eigenvalue weighted by molar-refractivity contribution is -0.136. The van der Waals surface area contributed by atoms with Crippen LogP contribution in [-0.4, -0.2) is 36.4 Å². The molecule has 0 radical (unpaired) electrons. The number of hydrogen-bond acceptors (Lipinski definition) is 6. The minimum Gasteiger partial charge on any atom is -0.481 e. The predicted molar refractivity (Wildman–Crippen MR) is 49.5 cm³/mol. The van der Waals surface area contributed by atoms with Crippen molar-refractivity contribution in [3.8, 4) is 0 Å². The van der Waals surface area contributed by atoms with E-state index in [1.165, 1.54) is 4.68 Å². The molecule has 2 heterocycles. The fourth-order valence-corrected chi connectivity index (χ4v) is 1.20. The number of carbonyl (C=O) groups is 1. The van der Waals surface area contributed by atoms with Crippen molar-refractivity contribution in [2.24, 2.45) is 0 Å². The summed E-state index contributed by atoms with van der Waals surface area (Å²) in [5, 5.41) is 23.4. The Morgan fingerprint density at radius 2 is 2.38 bits per heavy atom. The highest BCUT2D eigenvalue weighted by molar-refractivity contribution is 5.69. The fraction of sp³-hybridized carbons (Fsp3) is 0.375. The highest BCUT2D eigenvalue weighted by Gasteiger charge is 2.09. The molecule has 0 saturated heterocycles. The normalized spacial score (nSPS) is 10.6. The van der Waals surface area contributed by atoms with E-state index in [2.05, 4.69) is 25.3 Å². The van der Waals surface area contributed by atoms with Crippen molar-refractivity contribution in [3.63, 3.8) is 0 Å². The van der Waals surface area contributed by atoms with Gasteiger partial charge in [-0.2, -0.15) is 0 Å². The Morgan fingerprint density at radius 3 is 3.00 bits per heavy atom. The molecule has 2 rings (SSSR count). The van der Waals surface area contributed by atoms with Gasteiger partial charge in [0.15, 0.2) is 0 Å². The second-order valence-corrected chi connectivity index (χ2v) is 3.27. The predicted octanol–water partition coefficient (Wildman–Crippen LogP) is -0.355. The molecule has 0 amide bonds. The summed E-state index contributed by atoms with van der Waals surface area (Å²) in [6.45, 7) is 2.13. The maximum Gasteiger partial charge on any atom is 0.309 e. The molecule has 0 aliphatic carbocycles. The van der Waals surface area contributed by atoms with Crippen molar-refractivity contribution in [3.05, 3.63) is 23.3 Å². The number of carboxylic acid groups (broad SMARTS) is 1. The molecular weight excluding hydrogens is 214 g/mol. The highest BCUT2D eigenvalue weighted by Crippen LogP contribution is 2.03. The first-order valence-corrected chi connectivity index (χ1v) is 4.54. The molecule has 0 aromatic carbocycles. The largest absolute Gasteiger partial charge is 0.481 e. The fourth-order valence-electron chi connectivity index (χ4n) is 1.20. The van der Waals surface area contributed by atoms with Gasteiger partial charge in [0.2, 0.25) is 0 Å². The minimum absolute atomic E-state index is 0.143. The van der Waals surface area contributed by atoms with E-state index in [4.69, 9.17) is 5.11 Å². The lowest BCUT2D eigenvalue weighted by Crippen LogP contribution is -2.02. The van der Waals surface area contributed by atoms with Crippen LogP contribution in [-0.2, 0) is 17.8 Å².